The zero-order valence-corrected chi connectivity index (χ0v) is 13.2. The van der Waals surface area contributed by atoms with E-state index in [1.807, 2.05) is 6.92 Å². The maximum Gasteiger partial charge on any atom is 0.263 e. The van der Waals surface area contributed by atoms with Crippen molar-refractivity contribution in [2.45, 2.75) is 26.0 Å². The number of hydrogen-bond donors (Lipinski definition) is 3. The number of halogens is 1. The fourth-order valence-electron chi connectivity index (χ4n) is 1.92. The molecule has 2 aromatic rings. The number of rotatable bonds is 6. The van der Waals surface area contributed by atoms with Gasteiger partial charge in [0.25, 0.3) is 5.91 Å². The lowest BCUT2D eigenvalue weighted by Crippen LogP contribution is -2.36. The average molecular weight is 323 g/mol. The van der Waals surface area contributed by atoms with Crippen LogP contribution >= 0.6 is 11.3 Å². The molecule has 22 heavy (non-hydrogen) atoms. The molecule has 0 aliphatic carbocycles. The first kappa shape index (κ1) is 16.4. The maximum absolute atomic E-state index is 12.9. The molecule has 0 saturated carbocycles. The van der Waals surface area contributed by atoms with Crippen molar-refractivity contribution in [2.24, 2.45) is 0 Å². The Morgan fingerprint density at radius 2 is 2.09 bits per heavy atom. The van der Waals surface area contributed by atoms with Crippen molar-refractivity contribution in [3.05, 3.63) is 46.7 Å². The fourth-order valence-corrected chi connectivity index (χ4v) is 2.70. The lowest BCUT2D eigenvalue weighted by Gasteiger charge is -2.20. The van der Waals surface area contributed by atoms with Crippen molar-refractivity contribution >= 4 is 22.4 Å². The zero-order chi connectivity index (χ0) is 16.1. The monoisotopic (exact) mass is 323 g/mol. The number of aromatic nitrogens is 1. The van der Waals surface area contributed by atoms with Crippen LogP contribution in [0.3, 0.4) is 0 Å². The molecule has 0 fully saturated rings. The summed E-state index contributed by atoms with van der Waals surface area (Å²) in [5.41, 5.74) is 0.548. The largest absolute Gasteiger partial charge is 0.386 e. The number of benzene rings is 1. The first-order chi connectivity index (χ1) is 10.5. The summed E-state index contributed by atoms with van der Waals surface area (Å²) in [6.45, 7) is 4.37. The molecule has 0 radical (unpaired) electrons. The summed E-state index contributed by atoms with van der Waals surface area (Å²) < 4.78 is 12.9. The first-order valence-corrected chi connectivity index (χ1v) is 7.77. The van der Waals surface area contributed by atoms with Crippen LogP contribution in [0.4, 0.5) is 9.52 Å². The van der Waals surface area contributed by atoms with E-state index in [-0.39, 0.29) is 11.7 Å². The molecule has 7 heteroatoms. The number of nitrogens with one attached hydrogen (secondary N) is 2. The second-order valence-corrected chi connectivity index (χ2v) is 5.85. The van der Waals surface area contributed by atoms with Gasteiger partial charge in [0.15, 0.2) is 5.13 Å². The molecule has 118 valence electrons. The third-order valence-electron chi connectivity index (χ3n) is 3.10. The molecule has 1 amide bonds. The van der Waals surface area contributed by atoms with Gasteiger partial charge in [-0.25, -0.2) is 9.37 Å². The Labute approximate surface area is 132 Å². The van der Waals surface area contributed by atoms with Crippen LogP contribution in [0.5, 0.6) is 0 Å². The van der Waals surface area contributed by atoms with Crippen LogP contribution in [0.1, 0.15) is 35.2 Å². The average Bonchev–Trinajstić information content (AvgIpc) is 2.96. The van der Waals surface area contributed by atoms with Crippen LogP contribution in [-0.4, -0.2) is 28.6 Å². The van der Waals surface area contributed by atoms with E-state index in [0.29, 0.717) is 15.6 Å². The predicted octanol–water partition coefficient (Wildman–Crippen LogP) is 2.57. The van der Waals surface area contributed by atoms with Gasteiger partial charge in [-0.1, -0.05) is 23.5 Å². The first-order valence-electron chi connectivity index (χ1n) is 6.95. The number of nitrogens with zero attached hydrogens (tertiary/aromatic N) is 1. The molecule has 2 unspecified atom stereocenters. The second kappa shape index (κ2) is 7.33. The third-order valence-corrected chi connectivity index (χ3v) is 4.06. The normalized spacial score (nSPS) is 13.5. The highest BCUT2D eigenvalue weighted by molar-refractivity contribution is 7.17. The van der Waals surface area contributed by atoms with E-state index >= 15 is 0 Å². The Kier molecular flexibility index (Phi) is 5.46. The molecule has 3 N–H and O–H groups in total. The molecule has 2 rings (SSSR count). The van der Waals surface area contributed by atoms with Gasteiger partial charge in [-0.2, -0.15) is 0 Å². The molecule has 2 atom stereocenters. The van der Waals surface area contributed by atoms with Crippen LogP contribution < -0.4 is 10.6 Å². The number of amides is 1. The number of aliphatic hydroxyl groups excluding tert-OH is 1. The van der Waals surface area contributed by atoms with Gasteiger partial charge in [0.2, 0.25) is 0 Å². The van der Waals surface area contributed by atoms with Gasteiger partial charge in [-0.15, -0.1) is 0 Å². The SMILES string of the molecule is CCNc1ncc(C(=O)NC(C)C(O)c2ccc(F)cc2)s1. The maximum atomic E-state index is 12.9. The topological polar surface area (TPSA) is 74.2 Å². The number of carbonyl (C=O) groups excluding carboxylic acids is 1. The number of thiazole rings is 1. The quantitative estimate of drug-likeness (QED) is 0.764. The Balaban J connectivity index is 1.99. The van der Waals surface area contributed by atoms with E-state index in [1.54, 1.807) is 6.92 Å². The summed E-state index contributed by atoms with van der Waals surface area (Å²) >= 11 is 1.25. The van der Waals surface area contributed by atoms with Gasteiger partial charge < -0.3 is 15.7 Å². The van der Waals surface area contributed by atoms with Crippen LogP contribution in [0.15, 0.2) is 30.5 Å². The van der Waals surface area contributed by atoms with Crippen molar-refractivity contribution < 1.29 is 14.3 Å². The summed E-state index contributed by atoms with van der Waals surface area (Å²) in [7, 11) is 0. The van der Waals surface area contributed by atoms with E-state index in [2.05, 4.69) is 15.6 Å². The number of carbonyl (C=O) groups is 1. The molecule has 0 saturated heterocycles. The summed E-state index contributed by atoms with van der Waals surface area (Å²) in [5, 5.41) is 16.6. The summed E-state index contributed by atoms with van der Waals surface area (Å²) in [6.07, 6.45) is 0.584. The number of anilines is 1. The van der Waals surface area contributed by atoms with Crippen LogP contribution in [-0.2, 0) is 0 Å². The molecule has 0 aliphatic rings. The predicted molar refractivity (Wildman–Crippen MR) is 84.6 cm³/mol. The summed E-state index contributed by atoms with van der Waals surface area (Å²) in [5.74, 6) is -0.663. The highest BCUT2D eigenvalue weighted by atomic mass is 32.1. The third kappa shape index (κ3) is 4.02. The van der Waals surface area contributed by atoms with Gasteiger partial charge >= 0.3 is 0 Å². The Morgan fingerprint density at radius 1 is 1.41 bits per heavy atom. The van der Waals surface area contributed by atoms with Crippen molar-refractivity contribution in [1.82, 2.24) is 10.3 Å². The Hall–Kier alpha value is -1.99. The van der Waals surface area contributed by atoms with E-state index in [0.717, 1.165) is 6.54 Å². The molecule has 1 aromatic heterocycles. The standard InChI is InChI=1S/C15H18FN3O2S/c1-3-17-15-18-8-12(22-15)14(21)19-9(2)13(20)10-4-6-11(16)7-5-10/h4-9,13,20H,3H2,1-2H3,(H,17,18)(H,19,21). The zero-order valence-electron chi connectivity index (χ0n) is 12.3. The van der Waals surface area contributed by atoms with Gasteiger partial charge in [-0.05, 0) is 31.5 Å². The molecule has 0 aliphatic heterocycles. The van der Waals surface area contributed by atoms with E-state index in [4.69, 9.17) is 0 Å². The van der Waals surface area contributed by atoms with Gasteiger partial charge in [0.1, 0.15) is 10.7 Å². The Morgan fingerprint density at radius 3 is 2.73 bits per heavy atom. The summed E-state index contributed by atoms with van der Waals surface area (Å²) in [6, 6.07) is 5.04. The Bertz CT molecular complexity index is 630. The van der Waals surface area contributed by atoms with Crippen LogP contribution in [0, 0.1) is 5.82 Å². The van der Waals surface area contributed by atoms with E-state index < -0.39 is 12.1 Å². The molecule has 5 nitrogen and oxygen atoms in total. The van der Waals surface area contributed by atoms with Crippen molar-refractivity contribution in [1.29, 1.82) is 0 Å². The van der Waals surface area contributed by atoms with E-state index in [9.17, 15) is 14.3 Å². The van der Waals surface area contributed by atoms with Gasteiger partial charge in [0.05, 0.1) is 18.3 Å². The van der Waals surface area contributed by atoms with Crippen LogP contribution in [0.2, 0.25) is 0 Å². The summed E-state index contributed by atoms with van der Waals surface area (Å²) in [4.78, 5) is 16.7. The highest BCUT2D eigenvalue weighted by Crippen LogP contribution is 2.20. The lowest BCUT2D eigenvalue weighted by atomic mass is 10.0. The van der Waals surface area contributed by atoms with Crippen molar-refractivity contribution in [3.8, 4) is 0 Å². The van der Waals surface area contributed by atoms with Crippen molar-refractivity contribution in [3.63, 3.8) is 0 Å². The number of aliphatic hydroxyl groups is 1. The smallest absolute Gasteiger partial charge is 0.263 e. The van der Waals surface area contributed by atoms with Crippen molar-refractivity contribution in [2.75, 3.05) is 11.9 Å². The lowest BCUT2D eigenvalue weighted by molar-refractivity contribution is 0.0855. The molecule has 1 heterocycles. The molecular formula is C15H18FN3O2S. The molecule has 1 aromatic carbocycles. The molecule has 0 bridgehead atoms. The van der Waals surface area contributed by atoms with Crippen LogP contribution in [0.25, 0.3) is 0 Å². The van der Waals surface area contributed by atoms with E-state index in [1.165, 1.54) is 41.8 Å². The van der Waals surface area contributed by atoms with Gasteiger partial charge in [0, 0.05) is 6.54 Å². The minimum absolute atomic E-state index is 0.296. The molecule has 0 spiro atoms. The minimum Gasteiger partial charge on any atom is -0.386 e. The fraction of sp³-hybridized carbons (Fsp3) is 0.333. The number of hydrogen-bond acceptors (Lipinski definition) is 5. The molecular weight excluding hydrogens is 305 g/mol. The highest BCUT2D eigenvalue weighted by Gasteiger charge is 2.20. The minimum atomic E-state index is -0.911. The second-order valence-electron chi connectivity index (χ2n) is 4.82. The van der Waals surface area contributed by atoms with Gasteiger partial charge in [-0.3, -0.25) is 4.79 Å².